The van der Waals surface area contributed by atoms with Crippen LogP contribution in [0.5, 0.6) is 0 Å². The van der Waals surface area contributed by atoms with Crippen LogP contribution in [0.25, 0.3) is 0 Å². The second-order valence-corrected chi connectivity index (χ2v) is 2.33. The van der Waals surface area contributed by atoms with Crippen LogP contribution >= 0.6 is 0 Å². The maximum absolute atomic E-state index is 10.1. The number of hydrogen-bond donors (Lipinski definition) is 3. The zero-order chi connectivity index (χ0) is 10.4. The first-order valence-corrected chi connectivity index (χ1v) is 3.29. The molecule has 92 valence electrons. The van der Waals surface area contributed by atoms with Gasteiger partial charge in [0.15, 0.2) is 0 Å². The van der Waals surface area contributed by atoms with Gasteiger partial charge in [-0.15, -0.1) is 0 Å². The van der Waals surface area contributed by atoms with Crippen molar-refractivity contribution in [1.82, 2.24) is 4.90 Å². The third-order valence-corrected chi connectivity index (χ3v) is 1.08. The standard InChI is InChI=1S/C6H9NO6.Na.2H2O.H/c8-4(9)1-7(2-5(10)11)3-6(12)13;;;;/h1-3H2,(H,8,9)(H,10,11)(H,12,13);;2*1H2;. The zero-order valence-corrected chi connectivity index (χ0v) is 7.63. The van der Waals surface area contributed by atoms with Gasteiger partial charge in [-0.2, -0.15) is 0 Å². The SMILES string of the molecule is O.O.O=C(O)CN(CC(=O)O)CC(=O)O.[NaH]. The van der Waals surface area contributed by atoms with E-state index in [4.69, 9.17) is 15.3 Å². The summed E-state index contributed by atoms with van der Waals surface area (Å²) in [5.41, 5.74) is 0. The van der Waals surface area contributed by atoms with Gasteiger partial charge in [0.1, 0.15) is 0 Å². The third kappa shape index (κ3) is 15.7. The molecule has 0 aromatic carbocycles. The normalized spacial score (nSPS) is 8.06. The second-order valence-electron chi connectivity index (χ2n) is 2.33. The number of nitrogens with zero attached hydrogens (tertiary/aromatic N) is 1. The van der Waals surface area contributed by atoms with Crippen molar-refractivity contribution >= 4 is 47.5 Å². The number of carboxylic acids is 3. The van der Waals surface area contributed by atoms with Crippen molar-refractivity contribution < 1.29 is 40.7 Å². The van der Waals surface area contributed by atoms with E-state index in [2.05, 4.69) is 0 Å². The minimum atomic E-state index is -1.26. The number of aliphatic carboxylic acids is 3. The molecule has 0 atom stereocenters. The van der Waals surface area contributed by atoms with Crippen molar-refractivity contribution in [3.05, 3.63) is 0 Å². The Morgan fingerprint density at radius 2 is 0.938 bits per heavy atom. The van der Waals surface area contributed by atoms with E-state index < -0.39 is 37.5 Å². The van der Waals surface area contributed by atoms with E-state index in [9.17, 15) is 14.4 Å². The van der Waals surface area contributed by atoms with Crippen molar-refractivity contribution in [2.24, 2.45) is 0 Å². The molecule has 16 heavy (non-hydrogen) atoms. The van der Waals surface area contributed by atoms with Crippen LogP contribution in [-0.4, -0.2) is 98.3 Å². The number of carboxylic acid groups (broad SMARTS) is 3. The number of rotatable bonds is 6. The summed E-state index contributed by atoms with van der Waals surface area (Å²) in [6.45, 7) is -1.80. The molecule has 0 aliphatic rings. The molecule has 10 heteroatoms. The summed E-state index contributed by atoms with van der Waals surface area (Å²) in [4.78, 5) is 31.2. The summed E-state index contributed by atoms with van der Waals surface area (Å²) in [5, 5.41) is 24.8. The molecule has 0 aromatic heterocycles. The molecule has 0 aliphatic carbocycles. The Labute approximate surface area is 113 Å². The van der Waals surface area contributed by atoms with Gasteiger partial charge in [0.25, 0.3) is 0 Å². The fraction of sp³-hybridized carbons (Fsp3) is 0.500. The van der Waals surface area contributed by atoms with E-state index in [1.165, 1.54) is 0 Å². The summed E-state index contributed by atoms with van der Waals surface area (Å²) in [5.74, 6) is -3.78. The van der Waals surface area contributed by atoms with E-state index in [1.54, 1.807) is 0 Å². The van der Waals surface area contributed by atoms with Crippen molar-refractivity contribution in [3.8, 4) is 0 Å². The van der Waals surface area contributed by atoms with Crippen LogP contribution in [-0.2, 0) is 14.4 Å². The summed E-state index contributed by atoms with van der Waals surface area (Å²) < 4.78 is 0. The quantitative estimate of drug-likeness (QED) is 0.405. The average Bonchev–Trinajstić information content (AvgIpc) is 1.80. The van der Waals surface area contributed by atoms with Crippen molar-refractivity contribution in [2.75, 3.05) is 19.6 Å². The summed E-state index contributed by atoms with van der Waals surface area (Å²) >= 11 is 0. The molecule has 0 radical (unpaired) electrons. The monoisotopic (exact) mass is 251 g/mol. The molecule has 0 fully saturated rings. The molecule has 0 heterocycles. The van der Waals surface area contributed by atoms with Gasteiger partial charge in [-0.05, 0) is 0 Å². The fourth-order valence-corrected chi connectivity index (χ4v) is 0.742. The molecule has 0 saturated heterocycles. The van der Waals surface area contributed by atoms with Crippen LogP contribution < -0.4 is 0 Å². The van der Waals surface area contributed by atoms with Crippen LogP contribution in [0.4, 0.5) is 0 Å². The predicted molar refractivity (Wildman–Crippen MR) is 53.7 cm³/mol. The Balaban J connectivity index is -0.000000240. The van der Waals surface area contributed by atoms with E-state index >= 15 is 0 Å². The Bertz CT molecular complexity index is 195. The molecule has 0 unspecified atom stereocenters. The van der Waals surface area contributed by atoms with Crippen LogP contribution in [0.1, 0.15) is 0 Å². The van der Waals surface area contributed by atoms with Crippen molar-refractivity contribution in [1.29, 1.82) is 0 Å². The van der Waals surface area contributed by atoms with Crippen molar-refractivity contribution in [3.63, 3.8) is 0 Å². The molecular formula is C6H14NNaO8. The van der Waals surface area contributed by atoms with Gasteiger partial charge in [-0.25, -0.2) is 0 Å². The van der Waals surface area contributed by atoms with E-state index in [-0.39, 0.29) is 40.5 Å². The van der Waals surface area contributed by atoms with Gasteiger partial charge in [-0.3, -0.25) is 19.3 Å². The van der Waals surface area contributed by atoms with Crippen LogP contribution in [0, 0.1) is 0 Å². The molecule has 7 N–H and O–H groups in total. The van der Waals surface area contributed by atoms with Gasteiger partial charge in [0, 0.05) is 0 Å². The van der Waals surface area contributed by atoms with Gasteiger partial charge >= 0.3 is 47.5 Å². The summed E-state index contributed by atoms with van der Waals surface area (Å²) in [6.07, 6.45) is 0. The van der Waals surface area contributed by atoms with Crippen molar-refractivity contribution in [2.45, 2.75) is 0 Å². The first-order valence-electron chi connectivity index (χ1n) is 3.29. The minimum absolute atomic E-state index is 0. The molecule has 0 aliphatic heterocycles. The first kappa shape index (κ1) is 24.5. The van der Waals surface area contributed by atoms with E-state index in [0.717, 1.165) is 4.90 Å². The first-order chi connectivity index (χ1) is 5.91. The van der Waals surface area contributed by atoms with Crippen LogP contribution in [0.2, 0.25) is 0 Å². The molecule has 0 aromatic rings. The molecule has 0 amide bonds. The molecule has 0 bridgehead atoms. The zero-order valence-electron chi connectivity index (χ0n) is 7.63. The molecule has 0 saturated carbocycles. The Hall–Kier alpha value is -0.710. The predicted octanol–water partition coefficient (Wildman–Crippen LogP) is -3.76. The van der Waals surface area contributed by atoms with E-state index in [1.807, 2.05) is 0 Å². The third-order valence-electron chi connectivity index (χ3n) is 1.08. The van der Waals surface area contributed by atoms with E-state index in [0.29, 0.717) is 0 Å². The van der Waals surface area contributed by atoms with Crippen LogP contribution in [0.3, 0.4) is 0 Å². The second kappa shape index (κ2) is 12.4. The fourth-order valence-electron chi connectivity index (χ4n) is 0.742. The topological polar surface area (TPSA) is 178 Å². The molecule has 0 spiro atoms. The van der Waals surface area contributed by atoms with Gasteiger partial charge < -0.3 is 26.3 Å². The van der Waals surface area contributed by atoms with Gasteiger partial charge in [0.2, 0.25) is 0 Å². The van der Waals surface area contributed by atoms with Gasteiger partial charge in [0.05, 0.1) is 19.6 Å². The van der Waals surface area contributed by atoms with Gasteiger partial charge in [-0.1, -0.05) is 0 Å². The summed E-state index contributed by atoms with van der Waals surface area (Å²) in [6, 6.07) is 0. The molecular weight excluding hydrogens is 237 g/mol. The maximum atomic E-state index is 10.1. The Kier molecular flexibility index (Phi) is 18.9. The Morgan fingerprint density at radius 3 is 1.06 bits per heavy atom. The van der Waals surface area contributed by atoms with Crippen LogP contribution in [0.15, 0.2) is 0 Å². The number of carbonyl (C=O) groups is 3. The summed E-state index contributed by atoms with van der Waals surface area (Å²) in [7, 11) is 0. The average molecular weight is 251 g/mol. The Morgan fingerprint density at radius 1 is 0.750 bits per heavy atom. The number of hydrogen-bond acceptors (Lipinski definition) is 4. The molecule has 9 nitrogen and oxygen atoms in total. The molecule has 0 rings (SSSR count).